The topological polar surface area (TPSA) is 34.1 Å². The summed E-state index contributed by atoms with van der Waals surface area (Å²) in [4.78, 5) is 4.30. The van der Waals surface area contributed by atoms with Gasteiger partial charge in [-0.15, -0.1) is 0 Å². The van der Waals surface area contributed by atoms with Crippen molar-refractivity contribution in [2.24, 2.45) is 0 Å². The zero-order valence-corrected chi connectivity index (χ0v) is 11.5. The molecule has 2 rings (SSSR count). The third-order valence-corrected chi connectivity index (χ3v) is 3.06. The van der Waals surface area contributed by atoms with E-state index in [1.165, 1.54) is 5.56 Å². The summed E-state index contributed by atoms with van der Waals surface area (Å²) in [6.07, 6.45) is 2.82. The molecule has 100 valence electrons. The number of rotatable bonds is 6. The molecule has 1 aromatic carbocycles. The van der Waals surface area contributed by atoms with E-state index in [-0.39, 0.29) is 0 Å². The number of hydrogen-bond acceptors (Lipinski definition) is 3. The number of pyridine rings is 1. The fourth-order valence-corrected chi connectivity index (χ4v) is 1.97. The molecule has 0 aliphatic rings. The summed E-state index contributed by atoms with van der Waals surface area (Å²) < 4.78 is 5.16. The number of methoxy groups -OCH3 is 1. The molecule has 0 aliphatic heterocycles. The molecule has 0 fully saturated rings. The molecular weight excluding hydrogens is 236 g/mol. The van der Waals surface area contributed by atoms with E-state index in [9.17, 15) is 0 Å². The summed E-state index contributed by atoms with van der Waals surface area (Å²) in [6.45, 7) is 2.99. The molecule has 0 aliphatic carbocycles. The van der Waals surface area contributed by atoms with Crippen molar-refractivity contribution in [3.63, 3.8) is 0 Å². The molecule has 0 spiro atoms. The van der Waals surface area contributed by atoms with Crippen LogP contribution in [-0.2, 0) is 13.0 Å². The van der Waals surface area contributed by atoms with Crippen LogP contribution in [0.4, 0.5) is 0 Å². The van der Waals surface area contributed by atoms with Crippen LogP contribution >= 0.6 is 0 Å². The van der Waals surface area contributed by atoms with Crippen molar-refractivity contribution in [2.45, 2.75) is 25.9 Å². The molecule has 0 saturated carbocycles. The first-order valence-corrected chi connectivity index (χ1v) is 6.54. The Kier molecular flexibility index (Phi) is 4.93. The Morgan fingerprint density at radius 1 is 1.16 bits per heavy atom. The maximum Gasteiger partial charge on any atom is 0.118 e. The largest absolute Gasteiger partial charge is 0.497 e. The minimum Gasteiger partial charge on any atom is -0.497 e. The predicted octanol–water partition coefficient (Wildman–Crippen LogP) is 2.81. The molecule has 0 bridgehead atoms. The first kappa shape index (κ1) is 13.6. The molecule has 1 N–H and O–H groups in total. The van der Waals surface area contributed by atoms with Crippen LogP contribution in [0.25, 0.3) is 0 Å². The Bertz CT molecular complexity index is 482. The fourth-order valence-electron chi connectivity index (χ4n) is 1.97. The van der Waals surface area contributed by atoms with Crippen LogP contribution in [0.15, 0.2) is 48.7 Å². The average Bonchev–Trinajstić information content (AvgIpc) is 2.47. The summed E-state index contributed by atoms with van der Waals surface area (Å²) in [7, 11) is 1.69. The molecule has 2 aromatic rings. The van der Waals surface area contributed by atoms with Gasteiger partial charge in [0.1, 0.15) is 5.75 Å². The summed E-state index contributed by atoms with van der Waals surface area (Å²) in [5.74, 6) is 0.901. The monoisotopic (exact) mass is 256 g/mol. The normalized spacial score (nSPS) is 12.1. The first-order valence-electron chi connectivity index (χ1n) is 6.54. The molecule has 1 atom stereocenters. The zero-order chi connectivity index (χ0) is 13.5. The van der Waals surface area contributed by atoms with Crippen molar-refractivity contribution in [3.8, 4) is 5.75 Å². The van der Waals surface area contributed by atoms with Gasteiger partial charge in [0, 0.05) is 18.8 Å². The Hall–Kier alpha value is -1.87. The maximum atomic E-state index is 5.16. The summed E-state index contributed by atoms with van der Waals surface area (Å²) in [6, 6.07) is 14.6. The first-order chi connectivity index (χ1) is 9.28. The van der Waals surface area contributed by atoms with Crippen LogP contribution in [0.5, 0.6) is 5.75 Å². The second kappa shape index (κ2) is 6.90. The second-order valence-corrected chi connectivity index (χ2v) is 4.66. The highest BCUT2D eigenvalue weighted by Gasteiger charge is 2.04. The fraction of sp³-hybridized carbons (Fsp3) is 0.312. The molecule has 1 heterocycles. The van der Waals surface area contributed by atoms with Crippen LogP contribution in [0.2, 0.25) is 0 Å². The highest BCUT2D eigenvalue weighted by atomic mass is 16.5. The van der Waals surface area contributed by atoms with Crippen molar-refractivity contribution in [1.82, 2.24) is 10.3 Å². The van der Waals surface area contributed by atoms with E-state index in [0.29, 0.717) is 6.04 Å². The lowest BCUT2D eigenvalue weighted by molar-refractivity contribution is 0.414. The quantitative estimate of drug-likeness (QED) is 0.863. The minimum absolute atomic E-state index is 0.412. The Morgan fingerprint density at radius 3 is 2.58 bits per heavy atom. The van der Waals surface area contributed by atoms with Gasteiger partial charge in [-0.25, -0.2) is 0 Å². The summed E-state index contributed by atoms with van der Waals surface area (Å²) >= 11 is 0. The molecule has 0 saturated heterocycles. The van der Waals surface area contributed by atoms with E-state index in [1.54, 1.807) is 7.11 Å². The molecule has 1 unspecified atom stereocenters. The van der Waals surface area contributed by atoms with Crippen molar-refractivity contribution >= 4 is 0 Å². The van der Waals surface area contributed by atoms with E-state index in [0.717, 1.165) is 24.4 Å². The Morgan fingerprint density at radius 2 is 1.95 bits per heavy atom. The van der Waals surface area contributed by atoms with Crippen LogP contribution in [0, 0.1) is 0 Å². The van der Waals surface area contributed by atoms with E-state index in [2.05, 4.69) is 29.4 Å². The third-order valence-electron chi connectivity index (χ3n) is 3.06. The van der Waals surface area contributed by atoms with E-state index in [1.807, 2.05) is 36.5 Å². The van der Waals surface area contributed by atoms with Crippen LogP contribution in [0.3, 0.4) is 0 Å². The molecule has 0 radical (unpaired) electrons. The van der Waals surface area contributed by atoms with Gasteiger partial charge < -0.3 is 10.1 Å². The third kappa shape index (κ3) is 4.38. The number of hydrogen-bond donors (Lipinski definition) is 1. The van der Waals surface area contributed by atoms with E-state index >= 15 is 0 Å². The van der Waals surface area contributed by atoms with Crippen molar-refractivity contribution in [3.05, 3.63) is 59.9 Å². The lowest BCUT2D eigenvalue weighted by Crippen LogP contribution is -2.27. The second-order valence-electron chi connectivity index (χ2n) is 4.66. The lowest BCUT2D eigenvalue weighted by Gasteiger charge is -2.13. The highest BCUT2D eigenvalue weighted by molar-refractivity contribution is 5.27. The van der Waals surface area contributed by atoms with Gasteiger partial charge in [-0.2, -0.15) is 0 Å². The average molecular weight is 256 g/mol. The van der Waals surface area contributed by atoms with Gasteiger partial charge in [-0.05, 0) is 43.2 Å². The molecule has 19 heavy (non-hydrogen) atoms. The van der Waals surface area contributed by atoms with Gasteiger partial charge in [-0.3, -0.25) is 4.98 Å². The van der Waals surface area contributed by atoms with Gasteiger partial charge in [0.15, 0.2) is 0 Å². The van der Waals surface area contributed by atoms with Gasteiger partial charge in [-0.1, -0.05) is 18.2 Å². The summed E-state index contributed by atoms with van der Waals surface area (Å²) in [5.41, 5.74) is 2.38. The standard InChI is InChI=1S/C16H20N2O/c1-13(18-12-15-5-3-4-10-17-15)11-14-6-8-16(19-2)9-7-14/h3-10,13,18H,11-12H2,1-2H3. The molecule has 3 heteroatoms. The minimum atomic E-state index is 0.412. The lowest BCUT2D eigenvalue weighted by atomic mass is 10.1. The van der Waals surface area contributed by atoms with Gasteiger partial charge >= 0.3 is 0 Å². The number of nitrogens with one attached hydrogen (secondary N) is 1. The van der Waals surface area contributed by atoms with E-state index in [4.69, 9.17) is 4.74 Å². The highest BCUT2D eigenvalue weighted by Crippen LogP contribution is 2.12. The van der Waals surface area contributed by atoms with Crippen LogP contribution in [0.1, 0.15) is 18.2 Å². The number of benzene rings is 1. The van der Waals surface area contributed by atoms with Crippen LogP contribution < -0.4 is 10.1 Å². The maximum absolute atomic E-state index is 5.16. The number of aromatic nitrogens is 1. The number of nitrogens with zero attached hydrogens (tertiary/aromatic N) is 1. The summed E-state index contributed by atoms with van der Waals surface area (Å²) in [5, 5.41) is 3.48. The predicted molar refractivity (Wildman–Crippen MR) is 77.2 cm³/mol. The smallest absolute Gasteiger partial charge is 0.118 e. The van der Waals surface area contributed by atoms with Gasteiger partial charge in [0.05, 0.1) is 12.8 Å². The van der Waals surface area contributed by atoms with Gasteiger partial charge in [0.25, 0.3) is 0 Å². The number of ether oxygens (including phenoxy) is 1. The molecular formula is C16H20N2O. The van der Waals surface area contributed by atoms with E-state index < -0.39 is 0 Å². The van der Waals surface area contributed by atoms with Crippen molar-refractivity contribution in [1.29, 1.82) is 0 Å². The Labute approximate surface area is 114 Å². The van der Waals surface area contributed by atoms with Crippen molar-refractivity contribution in [2.75, 3.05) is 7.11 Å². The van der Waals surface area contributed by atoms with Crippen LogP contribution in [-0.4, -0.2) is 18.1 Å². The molecule has 1 aromatic heterocycles. The van der Waals surface area contributed by atoms with Crippen molar-refractivity contribution < 1.29 is 4.74 Å². The van der Waals surface area contributed by atoms with Gasteiger partial charge in [0.2, 0.25) is 0 Å². The Balaban J connectivity index is 1.82. The molecule has 0 amide bonds. The molecule has 3 nitrogen and oxygen atoms in total. The zero-order valence-electron chi connectivity index (χ0n) is 11.5. The SMILES string of the molecule is COc1ccc(CC(C)NCc2ccccn2)cc1.